The Kier molecular flexibility index (Phi) is 4.35. The Labute approximate surface area is 87.3 Å². The molecule has 3 N–H and O–H groups in total. The molecule has 0 saturated carbocycles. The molecule has 1 rings (SSSR count). The van der Waals surface area contributed by atoms with Crippen LogP contribution in [0.4, 0.5) is 0 Å². The quantitative estimate of drug-likeness (QED) is 0.706. The van der Waals surface area contributed by atoms with Crippen molar-refractivity contribution in [1.29, 1.82) is 0 Å². The Morgan fingerprint density at radius 1 is 1.29 bits per heavy atom. The van der Waals surface area contributed by atoms with Crippen molar-refractivity contribution < 1.29 is 5.11 Å². The van der Waals surface area contributed by atoms with Gasteiger partial charge in [0.15, 0.2) is 0 Å². The Balaban J connectivity index is 2.60. The Hall–Kier alpha value is -0.120. The smallest absolute Gasteiger partial charge is 0.0488 e. The lowest BCUT2D eigenvalue weighted by atomic mass is 9.85. The van der Waals surface area contributed by atoms with E-state index < -0.39 is 0 Å². The standard InChI is InChI=1S/C11H24N2O/c1-11(2,10(8-12)9-14)13-6-4-3-5-7-13/h10,14H,3-9,12H2,1-2H3/t10-/m0/s1. The van der Waals surface area contributed by atoms with Crippen molar-refractivity contribution in [2.24, 2.45) is 11.7 Å². The van der Waals surface area contributed by atoms with E-state index in [0.717, 1.165) is 13.1 Å². The fourth-order valence-corrected chi connectivity index (χ4v) is 2.31. The van der Waals surface area contributed by atoms with Crippen LogP contribution in [0.25, 0.3) is 0 Å². The second-order valence-corrected chi connectivity index (χ2v) is 4.82. The predicted octanol–water partition coefficient (Wildman–Crippen LogP) is 0.818. The molecule has 0 radical (unpaired) electrons. The summed E-state index contributed by atoms with van der Waals surface area (Å²) in [5.41, 5.74) is 5.73. The van der Waals surface area contributed by atoms with Gasteiger partial charge in [-0.25, -0.2) is 0 Å². The van der Waals surface area contributed by atoms with E-state index in [9.17, 15) is 5.11 Å². The number of nitrogens with zero attached hydrogens (tertiary/aromatic N) is 1. The second kappa shape index (κ2) is 5.10. The van der Waals surface area contributed by atoms with Gasteiger partial charge in [0.05, 0.1) is 0 Å². The Morgan fingerprint density at radius 3 is 2.29 bits per heavy atom. The third-order valence-corrected chi connectivity index (χ3v) is 3.68. The number of nitrogens with two attached hydrogens (primary N) is 1. The molecule has 0 aromatic heterocycles. The molecule has 1 fully saturated rings. The highest BCUT2D eigenvalue weighted by molar-refractivity contribution is 4.90. The SMILES string of the molecule is CC(C)([C@@H](CN)CO)N1CCCCC1. The maximum absolute atomic E-state index is 9.29. The zero-order chi connectivity index (χ0) is 10.6. The van der Waals surface area contributed by atoms with Gasteiger partial charge in [-0.2, -0.15) is 0 Å². The van der Waals surface area contributed by atoms with Crippen LogP contribution in [0.1, 0.15) is 33.1 Å². The summed E-state index contributed by atoms with van der Waals surface area (Å²) < 4.78 is 0. The van der Waals surface area contributed by atoms with Crippen LogP contribution in [-0.2, 0) is 0 Å². The van der Waals surface area contributed by atoms with Crippen LogP contribution < -0.4 is 5.73 Å². The van der Waals surface area contributed by atoms with Gasteiger partial charge in [0, 0.05) is 18.1 Å². The Bertz CT molecular complexity index is 161. The highest BCUT2D eigenvalue weighted by Gasteiger charge is 2.34. The number of hydrogen-bond donors (Lipinski definition) is 2. The van der Waals surface area contributed by atoms with Gasteiger partial charge in [-0.3, -0.25) is 4.90 Å². The number of piperidine rings is 1. The third-order valence-electron chi connectivity index (χ3n) is 3.68. The van der Waals surface area contributed by atoms with Crippen LogP contribution >= 0.6 is 0 Å². The van der Waals surface area contributed by atoms with E-state index in [4.69, 9.17) is 5.73 Å². The zero-order valence-electron chi connectivity index (χ0n) is 9.50. The molecule has 1 aliphatic heterocycles. The summed E-state index contributed by atoms with van der Waals surface area (Å²) in [6.45, 7) is 7.48. The second-order valence-electron chi connectivity index (χ2n) is 4.82. The van der Waals surface area contributed by atoms with E-state index in [2.05, 4.69) is 18.7 Å². The van der Waals surface area contributed by atoms with Gasteiger partial charge >= 0.3 is 0 Å². The average molecular weight is 200 g/mol. The Morgan fingerprint density at radius 2 is 1.86 bits per heavy atom. The van der Waals surface area contributed by atoms with E-state index in [0.29, 0.717) is 6.54 Å². The summed E-state index contributed by atoms with van der Waals surface area (Å²) in [5, 5.41) is 9.29. The molecule has 0 aromatic rings. The van der Waals surface area contributed by atoms with E-state index >= 15 is 0 Å². The third kappa shape index (κ3) is 2.47. The van der Waals surface area contributed by atoms with Crippen molar-refractivity contribution in [3.8, 4) is 0 Å². The normalized spacial score (nSPS) is 22.3. The molecule has 0 spiro atoms. The average Bonchev–Trinajstić information content (AvgIpc) is 2.20. The molecule has 1 heterocycles. The van der Waals surface area contributed by atoms with Gasteiger partial charge in [0.25, 0.3) is 0 Å². The van der Waals surface area contributed by atoms with Gasteiger partial charge in [0.1, 0.15) is 0 Å². The number of aliphatic hydroxyl groups excluding tert-OH is 1. The molecule has 3 heteroatoms. The van der Waals surface area contributed by atoms with E-state index in [1.807, 2.05) is 0 Å². The van der Waals surface area contributed by atoms with Crippen LogP contribution in [0.5, 0.6) is 0 Å². The van der Waals surface area contributed by atoms with Gasteiger partial charge < -0.3 is 10.8 Å². The lowest BCUT2D eigenvalue weighted by Crippen LogP contribution is -2.54. The first-order valence-corrected chi connectivity index (χ1v) is 5.69. The van der Waals surface area contributed by atoms with Crippen molar-refractivity contribution in [2.75, 3.05) is 26.2 Å². The van der Waals surface area contributed by atoms with E-state index in [-0.39, 0.29) is 18.1 Å². The van der Waals surface area contributed by atoms with Crippen molar-refractivity contribution >= 4 is 0 Å². The molecule has 1 atom stereocenters. The summed E-state index contributed by atoms with van der Waals surface area (Å²) >= 11 is 0. The summed E-state index contributed by atoms with van der Waals surface area (Å²) in [6, 6.07) is 0. The highest BCUT2D eigenvalue weighted by atomic mass is 16.3. The van der Waals surface area contributed by atoms with Crippen LogP contribution in [-0.4, -0.2) is 41.8 Å². The van der Waals surface area contributed by atoms with Crippen LogP contribution in [0, 0.1) is 5.92 Å². The topological polar surface area (TPSA) is 49.5 Å². The molecule has 1 saturated heterocycles. The molecule has 3 nitrogen and oxygen atoms in total. The lowest BCUT2D eigenvalue weighted by molar-refractivity contribution is 0.0227. The minimum absolute atomic E-state index is 0.0456. The van der Waals surface area contributed by atoms with Crippen LogP contribution in [0.2, 0.25) is 0 Å². The van der Waals surface area contributed by atoms with Crippen molar-refractivity contribution in [3.63, 3.8) is 0 Å². The van der Waals surface area contributed by atoms with Crippen molar-refractivity contribution in [2.45, 2.75) is 38.6 Å². The first-order valence-electron chi connectivity index (χ1n) is 5.69. The highest BCUT2D eigenvalue weighted by Crippen LogP contribution is 2.27. The predicted molar refractivity (Wildman–Crippen MR) is 59.1 cm³/mol. The molecule has 14 heavy (non-hydrogen) atoms. The maximum Gasteiger partial charge on any atom is 0.0488 e. The molecule has 0 aromatic carbocycles. The van der Waals surface area contributed by atoms with Gasteiger partial charge in [0.2, 0.25) is 0 Å². The van der Waals surface area contributed by atoms with E-state index in [1.54, 1.807) is 0 Å². The molecular formula is C11H24N2O. The minimum atomic E-state index is 0.0456. The number of likely N-dealkylation sites (tertiary alicyclic amines) is 1. The number of aliphatic hydroxyl groups is 1. The summed E-state index contributed by atoms with van der Waals surface area (Å²) in [7, 11) is 0. The number of rotatable bonds is 4. The fraction of sp³-hybridized carbons (Fsp3) is 1.00. The molecule has 0 amide bonds. The summed E-state index contributed by atoms with van der Waals surface area (Å²) in [5.74, 6) is 0.195. The van der Waals surface area contributed by atoms with Gasteiger partial charge in [-0.15, -0.1) is 0 Å². The minimum Gasteiger partial charge on any atom is -0.396 e. The maximum atomic E-state index is 9.29. The molecule has 1 aliphatic rings. The first-order chi connectivity index (χ1) is 6.62. The largest absolute Gasteiger partial charge is 0.396 e. The van der Waals surface area contributed by atoms with Gasteiger partial charge in [-0.1, -0.05) is 6.42 Å². The number of hydrogen-bond acceptors (Lipinski definition) is 3. The zero-order valence-corrected chi connectivity index (χ0v) is 9.50. The molecular weight excluding hydrogens is 176 g/mol. The molecule has 84 valence electrons. The lowest BCUT2D eigenvalue weighted by Gasteiger charge is -2.45. The van der Waals surface area contributed by atoms with Crippen LogP contribution in [0.3, 0.4) is 0 Å². The monoisotopic (exact) mass is 200 g/mol. The van der Waals surface area contributed by atoms with E-state index in [1.165, 1.54) is 19.3 Å². The summed E-state index contributed by atoms with van der Waals surface area (Å²) in [4.78, 5) is 2.48. The summed E-state index contributed by atoms with van der Waals surface area (Å²) in [6.07, 6.45) is 3.91. The van der Waals surface area contributed by atoms with Crippen molar-refractivity contribution in [1.82, 2.24) is 4.90 Å². The molecule has 0 unspecified atom stereocenters. The first kappa shape index (κ1) is 12.0. The fourth-order valence-electron chi connectivity index (χ4n) is 2.31. The van der Waals surface area contributed by atoms with Crippen molar-refractivity contribution in [3.05, 3.63) is 0 Å². The van der Waals surface area contributed by atoms with Gasteiger partial charge in [-0.05, 0) is 46.3 Å². The molecule has 0 aliphatic carbocycles. The molecule has 0 bridgehead atoms. The van der Waals surface area contributed by atoms with Crippen LogP contribution in [0.15, 0.2) is 0 Å².